The molecule has 0 radical (unpaired) electrons. The molecule has 41 heavy (non-hydrogen) atoms. The SMILES string of the molecule is COc1ccc(Cn2ccc(=O)c3c(N[C@@H](C)c4nc5cccc(Cl)c5c(=O)n4-c4cccnc4)ncnc32)cc1. The third-order valence-electron chi connectivity index (χ3n) is 6.78. The fourth-order valence-corrected chi connectivity index (χ4v) is 5.05. The monoisotopic (exact) mass is 565 g/mol. The highest BCUT2D eigenvalue weighted by Gasteiger charge is 2.21. The second kappa shape index (κ2) is 10.8. The summed E-state index contributed by atoms with van der Waals surface area (Å²) in [6.45, 7) is 2.33. The van der Waals surface area contributed by atoms with Crippen LogP contribution in [-0.4, -0.2) is 36.2 Å². The van der Waals surface area contributed by atoms with Gasteiger partial charge in [-0.05, 0) is 48.9 Å². The van der Waals surface area contributed by atoms with E-state index in [0.29, 0.717) is 50.8 Å². The summed E-state index contributed by atoms with van der Waals surface area (Å²) in [6.07, 6.45) is 6.33. The Morgan fingerprint density at radius 3 is 2.59 bits per heavy atom. The second-order valence-electron chi connectivity index (χ2n) is 9.40. The van der Waals surface area contributed by atoms with Gasteiger partial charge in [-0.15, -0.1) is 0 Å². The Morgan fingerprint density at radius 2 is 1.83 bits per heavy atom. The molecule has 0 saturated carbocycles. The van der Waals surface area contributed by atoms with Crippen molar-refractivity contribution in [2.24, 2.45) is 0 Å². The van der Waals surface area contributed by atoms with Crippen molar-refractivity contribution >= 4 is 39.4 Å². The van der Waals surface area contributed by atoms with E-state index in [1.54, 1.807) is 56.0 Å². The average Bonchev–Trinajstić information content (AvgIpc) is 2.99. The molecule has 204 valence electrons. The third-order valence-corrected chi connectivity index (χ3v) is 7.10. The van der Waals surface area contributed by atoms with Crippen molar-refractivity contribution in [1.29, 1.82) is 0 Å². The Balaban J connectivity index is 1.45. The van der Waals surface area contributed by atoms with Crippen LogP contribution in [0.4, 0.5) is 5.82 Å². The first-order valence-corrected chi connectivity index (χ1v) is 13.2. The third kappa shape index (κ3) is 4.89. The summed E-state index contributed by atoms with van der Waals surface area (Å²) in [5.74, 6) is 1.49. The number of ether oxygens (including phenoxy) is 1. The summed E-state index contributed by atoms with van der Waals surface area (Å²) in [6, 6.07) is 17.3. The van der Waals surface area contributed by atoms with Gasteiger partial charge in [0.25, 0.3) is 5.56 Å². The maximum atomic E-state index is 13.7. The molecule has 1 atom stereocenters. The molecule has 6 rings (SSSR count). The maximum absolute atomic E-state index is 13.7. The van der Waals surface area contributed by atoms with Crippen LogP contribution in [0.3, 0.4) is 0 Å². The first-order valence-electron chi connectivity index (χ1n) is 12.8. The highest BCUT2D eigenvalue weighted by molar-refractivity contribution is 6.35. The van der Waals surface area contributed by atoms with Crippen LogP contribution in [0.2, 0.25) is 5.02 Å². The molecule has 1 N–H and O–H groups in total. The normalized spacial score (nSPS) is 12.0. The number of aromatic nitrogens is 6. The number of fused-ring (bicyclic) bond motifs is 2. The summed E-state index contributed by atoms with van der Waals surface area (Å²) >= 11 is 6.41. The van der Waals surface area contributed by atoms with Crippen molar-refractivity contribution in [3.05, 3.63) is 123 Å². The Hall–Kier alpha value is -5.09. The number of hydrogen-bond donors (Lipinski definition) is 1. The molecule has 4 heterocycles. The van der Waals surface area contributed by atoms with Crippen LogP contribution in [-0.2, 0) is 6.54 Å². The van der Waals surface area contributed by atoms with Crippen LogP contribution in [0.25, 0.3) is 27.6 Å². The molecule has 0 bridgehead atoms. The number of anilines is 1. The van der Waals surface area contributed by atoms with Crippen LogP contribution >= 0.6 is 11.6 Å². The van der Waals surface area contributed by atoms with Crippen molar-refractivity contribution in [2.75, 3.05) is 12.4 Å². The molecule has 0 spiro atoms. The summed E-state index contributed by atoms with van der Waals surface area (Å²) in [5.41, 5.74) is 1.92. The van der Waals surface area contributed by atoms with Gasteiger partial charge in [-0.3, -0.25) is 19.1 Å². The second-order valence-corrected chi connectivity index (χ2v) is 9.81. The van der Waals surface area contributed by atoms with Crippen LogP contribution in [0.1, 0.15) is 24.4 Å². The Kier molecular flexibility index (Phi) is 6.90. The first-order chi connectivity index (χ1) is 19.9. The predicted octanol–water partition coefficient (Wildman–Crippen LogP) is 4.77. The lowest BCUT2D eigenvalue weighted by molar-refractivity contribution is 0.414. The van der Waals surface area contributed by atoms with E-state index in [0.717, 1.165) is 11.3 Å². The molecular formula is C30H24ClN7O3. The zero-order valence-electron chi connectivity index (χ0n) is 22.2. The number of nitrogens with one attached hydrogen (secondary N) is 1. The smallest absolute Gasteiger partial charge is 0.267 e. The van der Waals surface area contributed by atoms with Gasteiger partial charge >= 0.3 is 0 Å². The predicted molar refractivity (Wildman–Crippen MR) is 158 cm³/mol. The number of benzene rings is 2. The van der Waals surface area contributed by atoms with Crippen molar-refractivity contribution in [3.63, 3.8) is 0 Å². The van der Waals surface area contributed by atoms with Crippen molar-refractivity contribution in [3.8, 4) is 11.4 Å². The van der Waals surface area contributed by atoms with E-state index in [1.807, 2.05) is 35.8 Å². The van der Waals surface area contributed by atoms with E-state index in [1.165, 1.54) is 17.0 Å². The summed E-state index contributed by atoms with van der Waals surface area (Å²) in [7, 11) is 1.62. The highest BCUT2D eigenvalue weighted by Crippen LogP contribution is 2.26. The van der Waals surface area contributed by atoms with Crippen molar-refractivity contribution in [1.82, 2.24) is 29.1 Å². The molecule has 0 aliphatic rings. The molecule has 0 fully saturated rings. The van der Waals surface area contributed by atoms with Gasteiger partial charge in [-0.2, -0.15) is 0 Å². The highest BCUT2D eigenvalue weighted by atomic mass is 35.5. The minimum Gasteiger partial charge on any atom is -0.497 e. The fourth-order valence-electron chi connectivity index (χ4n) is 4.80. The molecule has 0 aliphatic carbocycles. The number of methoxy groups -OCH3 is 1. The zero-order valence-corrected chi connectivity index (χ0v) is 22.9. The van der Waals surface area contributed by atoms with Gasteiger partial charge < -0.3 is 14.6 Å². The lowest BCUT2D eigenvalue weighted by Crippen LogP contribution is -2.28. The molecule has 2 aromatic carbocycles. The van der Waals surface area contributed by atoms with E-state index in [2.05, 4.69) is 20.3 Å². The fraction of sp³-hybridized carbons (Fsp3) is 0.133. The lowest BCUT2D eigenvalue weighted by atomic mass is 10.2. The maximum Gasteiger partial charge on any atom is 0.267 e. The summed E-state index contributed by atoms with van der Waals surface area (Å²) < 4.78 is 8.62. The standard InChI is InChI=1S/C30H24ClN7O3/c1-18(28-36-23-7-3-6-22(31)25(23)30(40)38(28)20-5-4-13-32-15-20)35-27-26-24(39)12-14-37(29(26)34-17-33-27)16-19-8-10-21(41-2)11-9-19/h3-15,17-18H,16H2,1-2H3,(H,33,34,35)/t18-/m0/s1. The first kappa shape index (κ1) is 26.1. The van der Waals surface area contributed by atoms with Crippen LogP contribution in [0.5, 0.6) is 5.75 Å². The summed E-state index contributed by atoms with van der Waals surface area (Å²) in [5, 5.41) is 4.25. The van der Waals surface area contributed by atoms with Gasteiger partial charge in [0.2, 0.25) is 0 Å². The molecule has 11 heteroatoms. The lowest BCUT2D eigenvalue weighted by Gasteiger charge is -2.21. The van der Waals surface area contributed by atoms with Crippen LogP contribution in [0, 0.1) is 0 Å². The van der Waals surface area contributed by atoms with E-state index in [4.69, 9.17) is 21.3 Å². The van der Waals surface area contributed by atoms with Gasteiger partial charge in [-0.1, -0.05) is 29.8 Å². The number of halogens is 1. The number of hydrogen-bond acceptors (Lipinski definition) is 8. The van der Waals surface area contributed by atoms with Gasteiger partial charge in [-0.25, -0.2) is 15.0 Å². The van der Waals surface area contributed by atoms with Crippen LogP contribution < -0.4 is 21.0 Å². The van der Waals surface area contributed by atoms with Gasteiger partial charge in [0.05, 0.1) is 41.0 Å². The van der Waals surface area contributed by atoms with E-state index in [-0.39, 0.29) is 11.0 Å². The molecule has 4 aromatic heterocycles. The van der Waals surface area contributed by atoms with E-state index in [9.17, 15) is 9.59 Å². The molecule has 10 nitrogen and oxygen atoms in total. The molecule has 0 unspecified atom stereocenters. The molecule has 0 amide bonds. The van der Waals surface area contributed by atoms with E-state index < -0.39 is 6.04 Å². The topological polar surface area (TPSA) is 117 Å². The van der Waals surface area contributed by atoms with Gasteiger partial charge in [0, 0.05) is 25.0 Å². The largest absolute Gasteiger partial charge is 0.497 e. The molecule has 0 saturated heterocycles. The van der Waals surface area contributed by atoms with Gasteiger partial charge in [0.15, 0.2) is 5.43 Å². The number of nitrogens with zero attached hydrogens (tertiary/aromatic N) is 6. The van der Waals surface area contributed by atoms with Crippen LogP contribution in [0.15, 0.2) is 95.2 Å². The molecule has 0 aliphatic heterocycles. The molecular weight excluding hydrogens is 542 g/mol. The molecule has 6 aromatic rings. The Morgan fingerprint density at radius 1 is 1.00 bits per heavy atom. The van der Waals surface area contributed by atoms with Crippen molar-refractivity contribution in [2.45, 2.75) is 19.5 Å². The minimum atomic E-state index is -0.556. The average molecular weight is 566 g/mol. The number of rotatable bonds is 7. The van der Waals surface area contributed by atoms with E-state index >= 15 is 0 Å². The summed E-state index contributed by atoms with van der Waals surface area (Å²) in [4.78, 5) is 44.7. The van der Waals surface area contributed by atoms with Crippen molar-refractivity contribution < 1.29 is 4.74 Å². The number of pyridine rings is 2. The zero-order chi connectivity index (χ0) is 28.5. The minimum absolute atomic E-state index is 0.232. The Bertz CT molecular complexity index is 2010. The Labute approximate surface area is 238 Å². The van der Waals surface area contributed by atoms with Gasteiger partial charge in [0.1, 0.15) is 34.8 Å². The quantitative estimate of drug-likeness (QED) is 0.294.